The van der Waals surface area contributed by atoms with Crippen LogP contribution in [0.15, 0.2) is 6.33 Å². The molecule has 0 spiro atoms. The molecule has 16 heavy (non-hydrogen) atoms. The summed E-state index contributed by atoms with van der Waals surface area (Å²) >= 11 is 1.98. The first-order valence-electron chi connectivity index (χ1n) is 5.82. The van der Waals surface area contributed by atoms with Crippen LogP contribution in [0.4, 0.5) is 0 Å². The Bertz CT molecular complexity index is 298. The first-order valence-corrected chi connectivity index (χ1v) is 6.87. The van der Waals surface area contributed by atoms with Crippen molar-refractivity contribution < 1.29 is 0 Å². The third kappa shape index (κ3) is 4.14. The van der Waals surface area contributed by atoms with Crippen molar-refractivity contribution in [1.82, 2.24) is 20.1 Å². The fourth-order valence-corrected chi connectivity index (χ4v) is 2.39. The van der Waals surface area contributed by atoms with Gasteiger partial charge in [-0.2, -0.15) is 16.9 Å². The molecule has 1 unspecified atom stereocenters. The fourth-order valence-electron chi connectivity index (χ4n) is 1.48. The summed E-state index contributed by atoms with van der Waals surface area (Å²) in [6, 6.07) is 0.474. The van der Waals surface area contributed by atoms with E-state index in [0.717, 1.165) is 24.5 Å². The highest BCUT2D eigenvalue weighted by Crippen LogP contribution is 2.12. The molecular formula is C11H22N4S. The standard InChI is InChI=1S/C11H22N4S/c1-5-15-11(13-8-14-15)6-10(12-4)7-16-9(2)3/h8-10,12H,5-7H2,1-4H3. The number of rotatable bonds is 7. The third-order valence-corrected chi connectivity index (χ3v) is 3.72. The van der Waals surface area contributed by atoms with E-state index in [2.05, 4.69) is 36.2 Å². The van der Waals surface area contributed by atoms with Crippen molar-refractivity contribution in [3.8, 4) is 0 Å². The minimum Gasteiger partial charge on any atom is -0.316 e. The molecule has 0 aromatic carbocycles. The number of aromatic nitrogens is 3. The first-order chi connectivity index (χ1) is 7.67. The lowest BCUT2D eigenvalue weighted by Gasteiger charge is -2.16. The largest absolute Gasteiger partial charge is 0.316 e. The van der Waals surface area contributed by atoms with Crippen LogP contribution in [-0.4, -0.2) is 38.9 Å². The summed E-state index contributed by atoms with van der Waals surface area (Å²) in [7, 11) is 2.01. The van der Waals surface area contributed by atoms with E-state index in [9.17, 15) is 0 Å². The molecule has 1 aromatic heterocycles. The second-order valence-electron chi connectivity index (χ2n) is 4.06. The van der Waals surface area contributed by atoms with Crippen LogP contribution in [-0.2, 0) is 13.0 Å². The number of nitrogens with zero attached hydrogens (tertiary/aromatic N) is 3. The van der Waals surface area contributed by atoms with Gasteiger partial charge >= 0.3 is 0 Å². The Morgan fingerprint density at radius 1 is 1.50 bits per heavy atom. The molecule has 0 aliphatic carbocycles. The molecule has 0 aliphatic rings. The normalized spacial score (nSPS) is 13.3. The predicted octanol–water partition coefficient (Wildman–Crippen LogP) is 1.57. The van der Waals surface area contributed by atoms with Gasteiger partial charge in [0, 0.05) is 24.8 Å². The van der Waals surface area contributed by atoms with Gasteiger partial charge in [-0.1, -0.05) is 13.8 Å². The minimum atomic E-state index is 0.474. The second-order valence-corrected chi connectivity index (χ2v) is 5.67. The summed E-state index contributed by atoms with van der Waals surface area (Å²) in [4.78, 5) is 4.30. The summed E-state index contributed by atoms with van der Waals surface area (Å²) in [6.45, 7) is 7.44. The maximum Gasteiger partial charge on any atom is 0.138 e. The summed E-state index contributed by atoms with van der Waals surface area (Å²) < 4.78 is 1.96. The van der Waals surface area contributed by atoms with Crippen LogP contribution < -0.4 is 5.32 Å². The zero-order valence-corrected chi connectivity index (χ0v) is 11.4. The summed E-state index contributed by atoms with van der Waals surface area (Å²) in [5, 5.41) is 8.21. The van der Waals surface area contributed by atoms with E-state index >= 15 is 0 Å². The maximum atomic E-state index is 4.30. The summed E-state index contributed by atoms with van der Waals surface area (Å²) in [5.74, 6) is 2.19. The van der Waals surface area contributed by atoms with E-state index in [1.54, 1.807) is 6.33 Å². The molecule has 1 heterocycles. The predicted molar refractivity (Wildman–Crippen MR) is 69.8 cm³/mol. The molecule has 0 saturated carbocycles. The number of hydrogen-bond acceptors (Lipinski definition) is 4. The third-order valence-electron chi connectivity index (χ3n) is 2.46. The van der Waals surface area contributed by atoms with E-state index in [1.807, 2.05) is 23.5 Å². The molecule has 0 aliphatic heterocycles. The van der Waals surface area contributed by atoms with Crippen LogP contribution in [0.2, 0.25) is 0 Å². The zero-order chi connectivity index (χ0) is 12.0. The average molecular weight is 242 g/mol. The van der Waals surface area contributed by atoms with E-state index < -0.39 is 0 Å². The topological polar surface area (TPSA) is 42.7 Å². The molecule has 4 nitrogen and oxygen atoms in total. The van der Waals surface area contributed by atoms with Crippen LogP contribution >= 0.6 is 11.8 Å². The summed E-state index contributed by atoms with van der Waals surface area (Å²) in [5.41, 5.74) is 0. The molecular weight excluding hydrogens is 220 g/mol. The highest BCUT2D eigenvalue weighted by atomic mass is 32.2. The lowest BCUT2D eigenvalue weighted by molar-refractivity contribution is 0.548. The Morgan fingerprint density at radius 2 is 2.25 bits per heavy atom. The molecule has 5 heteroatoms. The second kappa shape index (κ2) is 6.91. The Hall–Kier alpha value is -0.550. The molecule has 1 aromatic rings. The lowest BCUT2D eigenvalue weighted by Crippen LogP contribution is -2.31. The fraction of sp³-hybridized carbons (Fsp3) is 0.818. The molecule has 1 atom stereocenters. The smallest absolute Gasteiger partial charge is 0.138 e. The van der Waals surface area contributed by atoms with Gasteiger partial charge in [-0.05, 0) is 19.2 Å². The molecule has 1 rings (SSSR count). The van der Waals surface area contributed by atoms with Crippen molar-refractivity contribution in [2.45, 2.75) is 45.0 Å². The van der Waals surface area contributed by atoms with Gasteiger partial charge in [-0.25, -0.2) is 4.98 Å². The molecule has 1 N–H and O–H groups in total. The molecule has 0 radical (unpaired) electrons. The van der Waals surface area contributed by atoms with Crippen molar-refractivity contribution in [3.05, 3.63) is 12.2 Å². The summed E-state index contributed by atoms with van der Waals surface area (Å²) in [6.07, 6.45) is 2.59. The highest BCUT2D eigenvalue weighted by molar-refractivity contribution is 7.99. The van der Waals surface area contributed by atoms with Crippen molar-refractivity contribution in [2.75, 3.05) is 12.8 Å². The van der Waals surface area contributed by atoms with Crippen LogP contribution in [0.25, 0.3) is 0 Å². The van der Waals surface area contributed by atoms with Crippen molar-refractivity contribution in [2.24, 2.45) is 0 Å². The molecule has 0 amide bonds. The molecule has 0 fully saturated rings. The van der Waals surface area contributed by atoms with Crippen molar-refractivity contribution >= 4 is 11.8 Å². The van der Waals surface area contributed by atoms with E-state index in [1.165, 1.54) is 0 Å². The van der Waals surface area contributed by atoms with Gasteiger partial charge in [0.15, 0.2) is 0 Å². The Kier molecular flexibility index (Phi) is 5.84. The molecule has 92 valence electrons. The van der Waals surface area contributed by atoms with Gasteiger partial charge in [0.1, 0.15) is 12.2 Å². The van der Waals surface area contributed by atoms with Gasteiger partial charge in [0.05, 0.1) is 0 Å². The monoisotopic (exact) mass is 242 g/mol. The van der Waals surface area contributed by atoms with Gasteiger partial charge in [0.2, 0.25) is 0 Å². The lowest BCUT2D eigenvalue weighted by atomic mass is 10.2. The number of likely N-dealkylation sites (N-methyl/N-ethyl adjacent to an activating group) is 1. The highest BCUT2D eigenvalue weighted by Gasteiger charge is 2.12. The van der Waals surface area contributed by atoms with Crippen LogP contribution in [0.3, 0.4) is 0 Å². The number of thioether (sulfide) groups is 1. The number of aryl methyl sites for hydroxylation is 1. The van der Waals surface area contributed by atoms with Crippen molar-refractivity contribution in [3.63, 3.8) is 0 Å². The van der Waals surface area contributed by atoms with Crippen LogP contribution in [0, 0.1) is 0 Å². The SMILES string of the molecule is CCn1ncnc1CC(CSC(C)C)NC. The number of nitrogens with one attached hydrogen (secondary N) is 1. The van der Waals surface area contributed by atoms with Crippen molar-refractivity contribution in [1.29, 1.82) is 0 Å². The first kappa shape index (κ1) is 13.5. The molecule has 0 saturated heterocycles. The van der Waals surface area contributed by atoms with E-state index in [0.29, 0.717) is 11.3 Å². The van der Waals surface area contributed by atoms with Gasteiger partial charge in [-0.3, -0.25) is 4.68 Å². The number of hydrogen-bond donors (Lipinski definition) is 1. The Labute approximate surface area is 102 Å². The Morgan fingerprint density at radius 3 is 2.81 bits per heavy atom. The Balaban J connectivity index is 2.49. The van der Waals surface area contributed by atoms with Crippen LogP contribution in [0.1, 0.15) is 26.6 Å². The van der Waals surface area contributed by atoms with Gasteiger partial charge < -0.3 is 5.32 Å². The van der Waals surface area contributed by atoms with E-state index in [-0.39, 0.29) is 0 Å². The van der Waals surface area contributed by atoms with Gasteiger partial charge in [0.25, 0.3) is 0 Å². The molecule has 0 bridgehead atoms. The quantitative estimate of drug-likeness (QED) is 0.788. The minimum absolute atomic E-state index is 0.474. The zero-order valence-electron chi connectivity index (χ0n) is 10.6. The average Bonchev–Trinajstić information content (AvgIpc) is 2.70. The van der Waals surface area contributed by atoms with Gasteiger partial charge in [-0.15, -0.1) is 0 Å². The van der Waals surface area contributed by atoms with E-state index in [4.69, 9.17) is 0 Å². The maximum absolute atomic E-state index is 4.30. The van der Waals surface area contributed by atoms with Crippen LogP contribution in [0.5, 0.6) is 0 Å².